The van der Waals surface area contributed by atoms with Crippen LogP contribution >= 0.6 is 0 Å². The number of rotatable bonds is 12. The fourth-order valence-electron chi connectivity index (χ4n) is 1.81. The summed E-state index contributed by atoms with van der Waals surface area (Å²) in [6, 6.07) is 0. The van der Waals surface area contributed by atoms with Crippen molar-refractivity contribution in [3.05, 3.63) is 0 Å². The average molecular weight is 256 g/mol. The number of amides is 2. The van der Waals surface area contributed by atoms with Crippen LogP contribution in [0.25, 0.3) is 0 Å². The molecule has 0 aliphatic rings. The summed E-state index contributed by atoms with van der Waals surface area (Å²) in [7, 11) is 0. The van der Waals surface area contributed by atoms with E-state index in [1.54, 1.807) is 0 Å². The van der Waals surface area contributed by atoms with Gasteiger partial charge in [-0.2, -0.15) is 0 Å². The molecule has 0 aliphatic heterocycles. The molecule has 0 aromatic heterocycles. The van der Waals surface area contributed by atoms with Gasteiger partial charge in [0, 0.05) is 19.4 Å². The van der Waals surface area contributed by atoms with Crippen molar-refractivity contribution in [1.82, 2.24) is 5.32 Å². The molecule has 0 aromatic rings. The molecule has 2 amide bonds. The molecule has 3 N–H and O–H groups in total. The Hall–Kier alpha value is -1.06. The average Bonchev–Trinajstić information content (AvgIpc) is 2.33. The number of nitrogens with one attached hydrogen (secondary N) is 1. The SMILES string of the molecule is CCCCCCCC(=O)NCCCCCC(N)=O. The molecule has 0 aromatic carbocycles. The Morgan fingerprint density at radius 2 is 1.50 bits per heavy atom. The molecule has 0 radical (unpaired) electrons. The van der Waals surface area contributed by atoms with Crippen molar-refractivity contribution >= 4 is 11.8 Å². The predicted molar refractivity (Wildman–Crippen MR) is 74.0 cm³/mol. The molecule has 0 unspecified atom stereocenters. The van der Waals surface area contributed by atoms with Crippen LogP contribution in [0.2, 0.25) is 0 Å². The third-order valence-corrected chi connectivity index (χ3v) is 2.93. The van der Waals surface area contributed by atoms with Crippen LogP contribution in [0.3, 0.4) is 0 Å². The van der Waals surface area contributed by atoms with Crippen molar-refractivity contribution < 1.29 is 9.59 Å². The molecule has 18 heavy (non-hydrogen) atoms. The van der Waals surface area contributed by atoms with Crippen LogP contribution in [0.1, 0.15) is 71.1 Å². The highest BCUT2D eigenvalue weighted by Crippen LogP contribution is 2.04. The van der Waals surface area contributed by atoms with Crippen LogP contribution in [0, 0.1) is 0 Å². The van der Waals surface area contributed by atoms with Gasteiger partial charge in [0.15, 0.2) is 0 Å². The summed E-state index contributed by atoms with van der Waals surface area (Å²) in [5.74, 6) is -0.0903. The minimum Gasteiger partial charge on any atom is -0.370 e. The fraction of sp³-hybridized carbons (Fsp3) is 0.857. The smallest absolute Gasteiger partial charge is 0.219 e. The van der Waals surface area contributed by atoms with Crippen molar-refractivity contribution in [2.45, 2.75) is 71.1 Å². The van der Waals surface area contributed by atoms with Crippen molar-refractivity contribution in [3.8, 4) is 0 Å². The van der Waals surface area contributed by atoms with Gasteiger partial charge in [0.1, 0.15) is 0 Å². The number of carbonyl (C=O) groups is 2. The molecule has 0 atom stereocenters. The van der Waals surface area contributed by atoms with E-state index in [1.807, 2.05) is 0 Å². The number of carbonyl (C=O) groups excluding carboxylic acids is 2. The van der Waals surface area contributed by atoms with Gasteiger partial charge >= 0.3 is 0 Å². The lowest BCUT2D eigenvalue weighted by molar-refractivity contribution is -0.121. The van der Waals surface area contributed by atoms with Crippen LogP contribution in [0.4, 0.5) is 0 Å². The highest BCUT2D eigenvalue weighted by Gasteiger charge is 2.00. The van der Waals surface area contributed by atoms with Crippen LogP contribution in [-0.2, 0) is 9.59 Å². The molecule has 4 heteroatoms. The maximum Gasteiger partial charge on any atom is 0.219 e. The molecule has 0 rings (SSSR count). The molecule has 0 heterocycles. The van der Waals surface area contributed by atoms with Crippen molar-refractivity contribution in [2.75, 3.05) is 6.54 Å². The van der Waals surface area contributed by atoms with Gasteiger partial charge in [0.05, 0.1) is 0 Å². The number of hydrogen-bond acceptors (Lipinski definition) is 2. The summed E-state index contributed by atoms with van der Waals surface area (Å²) >= 11 is 0. The lowest BCUT2D eigenvalue weighted by atomic mass is 10.1. The molecule has 4 nitrogen and oxygen atoms in total. The number of nitrogens with two attached hydrogens (primary N) is 1. The predicted octanol–water partition coefficient (Wildman–Crippen LogP) is 2.51. The molecule has 0 aliphatic carbocycles. The summed E-state index contributed by atoms with van der Waals surface area (Å²) in [5, 5.41) is 2.91. The molecule has 106 valence electrons. The van der Waals surface area contributed by atoms with Gasteiger partial charge in [-0.15, -0.1) is 0 Å². The number of hydrogen-bond donors (Lipinski definition) is 2. The second-order valence-electron chi connectivity index (χ2n) is 4.79. The Morgan fingerprint density at radius 1 is 0.889 bits per heavy atom. The molecular formula is C14H28N2O2. The summed E-state index contributed by atoms with van der Waals surface area (Å²) in [6.07, 6.45) is 9.66. The van der Waals surface area contributed by atoms with Crippen LogP contribution in [0.15, 0.2) is 0 Å². The number of primary amides is 1. The van der Waals surface area contributed by atoms with E-state index in [0.29, 0.717) is 19.4 Å². The Labute approximate surface area is 111 Å². The monoisotopic (exact) mass is 256 g/mol. The highest BCUT2D eigenvalue weighted by molar-refractivity contribution is 5.75. The van der Waals surface area contributed by atoms with Crippen LogP contribution in [-0.4, -0.2) is 18.4 Å². The van der Waals surface area contributed by atoms with E-state index in [0.717, 1.165) is 32.1 Å². The fourth-order valence-corrected chi connectivity index (χ4v) is 1.81. The summed E-state index contributed by atoms with van der Waals surface area (Å²) < 4.78 is 0. The van der Waals surface area contributed by atoms with Crippen LogP contribution < -0.4 is 11.1 Å². The van der Waals surface area contributed by atoms with Crippen LogP contribution in [0.5, 0.6) is 0 Å². The molecular weight excluding hydrogens is 228 g/mol. The molecule has 0 spiro atoms. The van der Waals surface area contributed by atoms with Gasteiger partial charge < -0.3 is 11.1 Å². The van der Waals surface area contributed by atoms with E-state index >= 15 is 0 Å². The van der Waals surface area contributed by atoms with Crippen molar-refractivity contribution in [2.24, 2.45) is 5.73 Å². The van der Waals surface area contributed by atoms with E-state index < -0.39 is 0 Å². The third-order valence-electron chi connectivity index (χ3n) is 2.93. The lowest BCUT2D eigenvalue weighted by Crippen LogP contribution is -2.24. The van der Waals surface area contributed by atoms with Gasteiger partial charge in [-0.3, -0.25) is 9.59 Å². The standard InChI is InChI=1S/C14H28N2O2/c1-2-3-4-5-8-11-14(18)16-12-9-6-7-10-13(15)17/h2-12H2,1H3,(H2,15,17)(H,16,18). The van der Waals surface area contributed by atoms with E-state index in [9.17, 15) is 9.59 Å². The largest absolute Gasteiger partial charge is 0.370 e. The van der Waals surface area contributed by atoms with Crippen molar-refractivity contribution in [3.63, 3.8) is 0 Å². The first-order valence-electron chi connectivity index (χ1n) is 7.21. The quantitative estimate of drug-likeness (QED) is 0.527. The normalized spacial score (nSPS) is 10.3. The third kappa shape index (κ3) is 13.0. The first kappa shape index (κ1) is 16.9. The van der Waals surface area contributed by atoms with Gasteiger partial charge in [-0.1, -0.05) is 39.0 Å². The number of unbranched alkanes of at least 4 members (excludes halogenated alkanes) is 6. The highest BCUT2D eigenvalue weighted by atomic mass is 16.1. The second kappa shape index (κ2) is 12.4. The zero-order valence-electron chi connectivity index (χ0n) is 11.7. The Balaban J connectivity index is 3.19. The lowest BCUT2D eigenvalue weighted by Gasteiger charge is -2.04. The van der Waals surface area contributed by atoms with Gasteiger partial charge in [0.25, 0.3) is 0 Å². The minimum absolute atomic E-state index is 0.154. The van der Waals surface area contributed by atoms with Gasteiger partial charge in [-0.05, 0) is 19.3 Å². The minimum atomic E-state index is -0.244. The second-order valence-corrected chi connectivity index (χ2v) is 4.79. The maximum absolute atomic E-state index is 11.4. The Kier molecular flexibility index (Phi) is 11.7. The maximum atomic E-state index is 11.4. The van der Waals surface area contributed by atoms with E-state index in [2.05, 4.69) is 12.2 Å². The molecule has 0 saturated heterocycles. The summed E-state index contributed by atoms with van der Waals surface area (Å²) in [4.78, 5) is 21.9. The summed E-state index contributed by atoms with van der Waals surface area (Å²) in [5.41, 5.74) is 5.04. The Bertz CT molecular complexity index is 230. The zero-order chi connectivity index (χ0) is 13.6. The molecule has 0 bridgehead atoms. The van der Waals surface area contributed by atoms with E-state index in [1.165, 1.54) is 19.3 Å². The first-order chi connectivity index (χ1) is 8.66. The van der Waals surface area contributed by atoms with E-state index in [4.69, 9.17) is 5.73 Å². The Morgan fingerprint density at radius 3 is 2.17 bits per heavy atom. The van der Waals surface area contributed by atoms with Gasteiger partial charge in [0.2, 0.25) is 11.8 Å². The van der Waals surface area contributed by atoms with Gasteiger partial charge in [-0.25, -0.2) is 0 Å². The molecule has 0 fully saturated rings. The first-order valence-corrected chi connectivity index (χ1v) is 7.21. The zero-order valence-corrected chi connectivity index (χ0v) is 11.7. The molecule has 0 saturated carbocycles. The summed E-state index contributed by atoms with van der Waals surface area (Å²) in [6.45, 7) is 2.90. The van der Waals surface area contributed by atoms with E-state index in [-0.39, 0.29) is 11.8 Å². The van der Waals surface area contributed by atoms with Crippen molar-refractivity contribution in [1.29, 1.82) is 0 Å². The topological polar surface area (TPSA) is 72.2 Å².